The fourth-order valence-corrected chi connectivity index (χ4v) is 2.23. The van der Waals surface area contributed by atoms with Gasteiger partial charge in [-0.1, -0.05) is 13.8 Å². The monoisotopic (exact) mass is 212 g/mol. The topological polar surface area (TPSA) is 32.3 Å². The molecule has 0 aromatic heterocycles. The summed E-state index contributed by atoms with van der Waals surface area (Å²) in [6.45, 7) is 9.23. The maximum atomic E-state index is 11.9. The molecule has 0 radical (unpaired) electrons. The van der Waals surface area contributed by atoms with Gasteiger partial charge in [-0.25, -0.2) is 0 Å². The zero-order valence-corrected chi connectivity index (χ0v) is 10.3. The van der Waals surface area contributed by atoms with Gasteiger partial charge >= 0.3 is 0 Å². The molecule has 0 aliphatic carbocycles. The van der Waals surface area contributed by atoms with Gasteiger partial charge < -0.3 is 10.2 Å². The first-order chi connectivity index (χ1) is 7.13. The lowest BCUT2D eigenvalue weighted by atomic mass is 10.00. The molecule has 1 amide bonds. The Morgan fingerprint density at radius 2 is 2.33 bits per heavy atom. The van der Waals surface area contributed by atoms with Gasteiger partial charge in [-0.2, -0.15) is 0 Å². The molecule has 1 fully saturated rings. The molecule has 0 bridgehead atoms. The normalized spacial score (nSPS) is 23.9. The number of nitrogens with zero attached hydrogens (tertiary/aromatic N) is 1. The van der Waals surface area contributed by atoms with Crippen molar-refractivity contribution in [1.82, 2.24) is 10.2 Å². The van der Waals surface area contributed by atoms with Gasteiger partial charge in [-0.05, 0) is 32.2 Å². The molecule has 1 N–H and O–H groups in total. The minimum Gasteiger partial charge on any atom is -0.342 e. The largest absolute Gasteiger partial charge is 0.342 e. The maximum absolute atomic E-state index is 11.9. The van der Waals surface area contributed by atoms with Crippen molar-refractivity contribution < 1.29 is 4.79 Å². The smallest absolute Gasteiger partial charge is 0.224 e. The highest BCUT2D eigenvalue weighted by Gasteiger charge is 2.21. The fourth-order valence-electron chi connectivity index (χ4n) is 2.23. The molecule has 2 unspecified atom stereocenters. The predicted octanol–water partition coefficient (Wildman–Crippen LogP) is 1.63. The molecule has 0 aromatic rings. The number of carbonyl (C=O) groups is 1. The van der Waals surface area contributed by atoms with E-state index in [1.807, 2.05) is 4.90 Å². The van der Waals surface area contributed by atoms with Crippen molar-refractivity contribution >= 4 is 5.91 Å². The van der Waals surface area contributed by atoms with E-state index < -0.39 is 0 Å². The van der Waals surface area contributed by atoms with E-state index in [2.05, 4.69) is 26.1 Å². The lowest BCUT2D eigenvalue weighted by Crippen LogP contribution is -2.42. The Bertz CT molecular complexity index is 206. The summed E-state index contributed by atoms with van der Waals surface area (Å²) in [4.78, 5) is 13.9. The van der Waals surface area contributed by atoms with Crippen molar-refractivity contribution in [2.75, 3.05) is 19.6 Å². The minimum absolute atomic E-state index is 0.305. The lowest BCUT2D eigenvalue weighted by molar-refractivity contribution is -0.133. The highest BCUT2D eigenvalue weighted by Crippen LogP contribution is 2.16. The van der Waals surface area contributed by atoms with Crippen molar-refractivity contribution in [2.45, 2.75) is 46.1 Å². The average Bonchev–Trinajstić information content (AvgIpc) is 2.18. The summed E-state index contributed by atoms with van der Waals surface area (Å²) < 4.78 is 0. The number of amides is 1. The molecule has 3 heteroatoms. The van der Waals surface area contributed by atoms with Gasteiger partial charge in [0.2, 0.25) is 5.91 Å². The second kappa shape index (κ2) is 6.11. The summed E-state index contributed by atoms with van der Waals surface area (Å²) >= 11 is 0. The molecule has 1 rings (SSSR count). The van der Waals surface area contributed by atoms with Crippen LogP contribution in [0.25, 0.3) is 0 Å². The van der Waals surface area contributed by atoms with E-state index in [0.717, 1.165) is 19.6 Å². The van der Waals surface area contributed by atoms with Gasteiger partial charge in [0.1, 0.15) is 0 Å². The minimum atomic E-state index is 0.305. The van der Waals surface area contributed by atoms with E-state index in [-0.39, 0.29) is 0 Å². The number of piperidine rings is 1. The molecule has 2 atom stereocenters. The molecule has 15 heavy (non-hydrogen) atoms. The van der Waals surface area contributed by atoms with E-state index in [1.165, 1.54) is 12.8 Å². The molecule has 1 aliphatic rings. The van der Waals surface area contributed by atoms with Gasteiger partial charge in [-0.15, -0.1) is 0 Å². The Morgan fingerprint density at radius 1 is 1.60 bits per heavy atom. The molecule has 1 heterocycles. The number of hydrogen-bond acceptors (Lipinski definition) is 2. The van der Waals surface area contributed by atoms with E-state index in [9.17, 15) is 4.79 Å². The van der Waals surface area contributed by atoms with Crippen LogP contribution in [-0.4, -0.2) is 36.5 Å². The molecule has 3 nitrogen and oxygen atoms in total. The van der Waals surface area contributed by atoms with Crippen LogP contribution in [0.3, 0.4) is 0 Å². The SMILES string of the molecule is CCNC(C)CC(=O)N1CCCC(C)C1. The highest BCUT2D eigenvalue weighted by atomic mass is 16.2. The summed E-state index contributed by atoms with van der Waals surface area (Å²) in [5.41, 5.74) is 0. The molecule has 0 spiro atoms. The Morgan fingerprint density at radius 3 is 2.93 bits per heavy atom. The first kappa shape index (κ1) is 12.5. The Kier molecular flexibility index (Phi) is 5.09. The van der Waals surface area contributed by atoms with Crippen molar-refractivity contribution in [3.05, 3.63) is 0 Å². The van der Waals surface area contributed by atoms with Gasteiger partial charge in [0.15, 0.2) is 0 Å². The third-order valence-electron chi connectivity index (χ3n) is 3.04. The first-order valence-corrected chi connectivity index (χ1v) is 6.14. The summed E-state index contributed by atoms with van der Waals surface area (Å²) in [5, 5.41) is 3.28. The highest BCUT2D eigenvalue weighted by molar-refractivity contribution is 5.76. The van der Waals surface area contributed by atoms with Crippen LogP contribution in [0.2, 0.25) is 0 Å². The van der Waals surface area contributed by atoms with Crippen molar-refractivity contribution in [3.63, 3.8) is 0 Å². The average molecular weight is 212 g/mol. The quantitative estimate of drug-likeness (QED) is 0.768. The fraction of sp³-hybridized carbons (Fsp3) is 0.917. The number of likely N-dealkylation sites (tertiary alicyclic amines) is 1. The van der Waals surface area contributed by atoms with Crippen LogP contribution in [0.5, 0.6) is 0 Å². The zero-order valence-electron chi connectivity index (χ0n) is 10.3. The van der Waals surface area contributed by atoms with Crippen LogP contribution < -0.4 is 5.32 Å². The molecule has 1 saturated heterocycles. The standard InChI is InChI=1S/C12H24N2O/c1-4-13-11(3)8-12(15)14-7-5-6-10(2)9-14/h10-11,13H,4-9H2,1-3H3. The third-order valence-corrected chi connectivity index (χ3v) is 3.04. The van der Waals surface area contributed by atoms with Crippen LogP contribution in [0, 0.1) is 5.92 Å². The van der Waals surface area contributed by atoms with Crippen LogP contribution in [-0.2, 0) is 4.79 Å². The van der Waals surface area contributed by atoms with E-state index in [4.69, 9.17) is 0 Å². The Labute approximate surface area is 93.2 Å². The van der Waals surface area contributed by atoms with Crippen LogP contribution in [0.15, 0.2) is 0 Å². The third kappa shape index (κ3) is 4.20. The summed E-state index contributed by atoms with van der Waals surface area (Å²) in [6, 6.07) is 0.305. The Hall–Kier alpha value is -0.570. The molecule has 0 aromatic carbocycles. The summed E-state index contributed by atoms with van der Waals surface area (Å²) in [5.74, 6) is 0.993. The van der Waals surface area contributed by atoms with Crippen molar-refractivity contribution in [3.8, 4) is 0 Å². The summed E-state index contributed by atoms with van der Waals surface area (Å²) in [7, 11) is 0. The van der Waals surface area contributed by atoms with Gasteiger partial charge in [0, 0.05) is 25.6 Å². The lowest BCUT2D eigenvalue weighted by Gasteiger charge is -2.31. The van der Waals surface area contributed by atoms with Crippen molar-refractivity contribution in [1.29, 1.82) is 0 Å². The molecule has 88 valence electrons. The van der Waals surface area contributed by atoms with E-state index in [1.54, 1.807) is 0 Å². The zero-order chi connectivity index (χ0) is 11.3. The van der Waals surface area contributed by atoms with Gasteiger partial charge in [-0.3, -0.25) is 4.79 Å². The van der Waals surface area contributed by atoms with Gasteiger partial charge in [0.25, 0.3) is 0 Å². The van der Waals surface area contributed by atoms with Crippen molar-refractivity contribution in [2.24, 2.45) is 5.92 Å². The molecular weight excluding hydrogens is 188 g/mol. The first-order valence-electron chi connectivity index (χ1n) is 6.14. The molecule has 0 saturated carbocycles. The van der Waals surface area contributed by atoms with Gasteiger partial charge in [0.05, 0.1) is 0 Å². The number of nitrogens with one attached hydrogen (secondary N) is 1. The molecule has 1 aliphatic heterocycles. The second-order valence-corrected chi connectivity index (χ2v) is 4.75. The number of hydrogen-bond donors (Lipinski definition) is 1. The molecular formula is C12H24N2O. The second-order valence-electron chi connectivity index (χ2n) is 4.75. The predicted molar refractivity (Wildman–Crippen MR) is 62.7 cm³/mol. The summed E-state index contributed by atoms with van der Waals surface area (Å²) in [6.07, 6.45) is 3.08. The van der Waals surface area contributed by atoms with Crippen LogP contribution in [0.1, 0.15) is 40.0 Å². The van der Waals surface area contributed by atoms with E-state index in [0.29, 0.717) is 24.3 Å². The number of rotatable bonds is 4. The van der Waals surface area contributed by atoms with Crippen LogP contribution >= 0.6 is 0 Å². The van der Waals surface area contributed by atoms with E-state index >= 15 is 0 Å². The van der Waals surface area contributed by atoms with Crippen LogP contribution in [0.4, 0.5) is 0 Å². The number of carbonyl (C=O) groups excluding carboxylic acids is 1. The Balaban J connectivity index is 2.32. The maximum Gasteiger partial charge on any atom is 0.224 e.